The van der Waals surface area contributed by atoms with Gasteiger partial charge in [-0.3, -0.25) is 4.79 Å². The molecule has 0 radical (unpaired) electrons. The summed E-state index contributed by atoms with van der Waals surface area (Å²) >= 11 is 1.43. The number of nitrogens with zero attached hydrogens (tertiary/aromatic N) is 3. The van der Waals surface area contributed by atoms with Crippen LogP contribution in [0.3, 0.4) is 0 Å². The number of urea groups is 1. The van der Waals surface area contributed by atoms with E-state index in [1.165, 1.54) is 37.4 Å². The molecular formula is C20H21F2N5O4S2. The predicted octanol–water partition coefficient (Wildman–Crippen LogP) is 2.25. The summed E-state index contributed by atoms with van der Waals surface area (Å²) in [4.78, 5) is 31.0. The highest BCUT2D eigenvalue weighted by Crippen LogP contribution is 2.24. The summed E-state index contributed by atoms with van der Waals surface area (Å²) in [6.07, 6.45) is -0.285. The maximum Gasteiger partial charge on any atom is 0.330 e. The first-order valence-electron chi connectivity index (χ1n) is 9.53. The normalized spacial score (nSPS) is 12.5. The van der Waals surface area contributed by atoms with Gasteiger partial charge in [0, 0.05) is 39.3 Å². The summed E-state index contributed by atoms with van der Waals surface area (Å²) in [5, 5.41) is 2.29. The average Bonchev–Trinajstić information content (AvgIpc) is 3.18. The van der Waals surface area contributed by atoms with Crippen LogP contribution < -0.4 is 14.9 Å². The third kappa shape index (κ3) is 6.00. The fourth-order valence-corrected chi connectivity index (χ4v) is 4.11. The molecule has 13 heteroatoms. The van der Waals surface area contributed by atoms with Crippen LogP contribution in [-0.2, 0) is 21.4 Å². The number of aromatic nitrogens is 1. The monoisotopic (exact) mass is 497 g/mol. The molecule has 0 unspecified atom stereocenters. The molecule has 0 fully saturated rings. The fraction of sp³-hybridized carbons (Fsp3) is 0.250. The molecule has 3 rings (SSSR count). The van der Waals surface area contributed by atoms with Gasteiger partial charge in [0.2, 0.25) is 5.91 Å². The molecule has 0 saturated carbocycles. The van der Waals surface area contributed by atoms with E-state index >= 15 is 0 Å². The van der Waals surface area contributed by atoms with Crippen LogP contribution in [0.25, 0.3) is 10.2 Å². The van der Waals surface area contributed by atoms with Crippen LogP contribution in [-0.4, -0.2) is 56.8 Å². The van der Waals surface area contributed by atoms with Gasteiger partial charge in [0.15, 0.2) is 0 Å². The van der Waals surface area contributed by atoms with Gasteiger partial charge in [-0.2, -0.15) is 12.7 Å². The Bertz CT molecular complexity index is 1280. The second kappa shape index (κ2) is 9.77. The Morgan fingerprint density at radius 1 is 1.09 bits per heavy atom. The molecular weight excluding hydrogens is 476 g/mol. The van der Waals surface area contributed by atoms with Crippen molar-refractivity contribution in [2.24, 2.45) is 0 Å². The van der Waals surface area contributed by atoms with E-state index in [1.54, 1.807) is 28.4 Å². The van der Waals surface area contributed by atoms with E-state index in [-0.39, 0.29) is 12.0 Å². The Kier molecular flexibility index (Phi) is 7.25. The summed E-state index contributed by atoms with van der Waals surface area (Å²) < 4.78 is 54.7. The van der Waals surface area contributed by atoms with Crippen molar-refractivity contribution in [1.82, 2.24) is 19.3 Å². The lowest BCUT2D eigenvalue weighted by Gasteiger charge is -2.25. The number of benzene rings is 2. The first-order chi connectivity index (χ1) is 15.5. The van der Waals surface area contributed by atoms with Crippen LogP contribution in [0.2, 0.25) is 0 Å². The topological polar surface area (TPSA) is 112 Å². The van der Waals surface area contributed by atoms with Gasteiger partial charge in [0.05, 0.1) is 15.7 Å². The Morgan fingerprint density at radius 2 is 1.76 bits per heavy atom. The van der Waals surface area contributed by atoms with Gasteiger partial charge in [-0.1, -0.05) is 0 Å². The minimum absolute atomic E-state index is 0.102. The van der Waals surface area contributed by atoms with Crippen molar-refractivity contribution in [3.63, 3.8) is 0 Å². The maximum absolute atomic E-state index is 13.7. The number of likely N-dealkylation sites (N-methyl/N-ethyl adjacent to an activating group) is 1. The standard InChI is InChI=1S/C20H21F2N5O4S2/c1-26(2)33(30,31)25-20(29)24-17(8-12-6-13(21)9-14(22)7-12)19(28)27(3)15-4-5-18-16(10-15)23-11-32-18/h4-7,9-11,17H,8H2,1-3H3,(H2,24,25,29)/t17-/m0/s1. The molecule has 176 valence electrons. The Labute approximate surface area is 193 Å². The third-order valence-corrected chi connectivity index (χ3v) is 6.91. The Morgan fingerprint density at radius 3 is 2.39 bits per heavy atom. The summed E-state index contributed by atoms with van der Waals surface area (Å²) in [6, 6.07) is 5.39. The minimum Gasteiger partial charge on any atom is -0.325 e. The molecule has 1 heterocycles. The van der Waals surface area contributed by atoms with Crippen LogP contribution in [0, 0.1) is 11.6 Å². The van der Waals surface area contributed by atoms with Gasteiger partial charge in [-0.05, 0) is 35.9 Å². The van der Waals surface area contributed by atoms with Crippen molar-refractivity contribution < 1.29 is 26.8 Å². The molecule has 3 aromatic rings. The Balaban J connectivity index is 1.88. The average molecular weight is 498 g/mol. The molecule has 0 saturated heterocycles. The molecule has 33 heavy (non-hydrogen) atoms. The Hall–Kier alpha value is -3.16. The lowest BCUT2D eigenvalue weighted by molar-refractivity contribution is -0.120. The third-order valence-electron chi connectivity index (χ3n) is 4.70. The van der Waals surface area contributed by atoms with Crippen molar-refractivity contribution in [3.05, 3.63) is 59.1 Å². The molecule has 0 bridgehead atoms. The van der Waals surface area contributed by atoms with Crippen molar-refractivity contribution in [3.8, 4) is 0 Å². The van der Waals surface area contributed by atoms with Crippen LogP contribution in [0.5, 0.6) is 0 Å². The highest BCUT2D eigenvalue weighted by atomic mass is 32.2. The van der Waals surface area contributed by atoms with Gasteiger partial charge in [0.1, 0.15) is 17.7 Å². The van der Waals surface area contributed by atoms with Gasteiger partial charge < -0.3 is 10.2 Å². The van der Waals surface area contributed by atoms with E-state index < -0.39 is 39.8 Å². The quantitative estimate of drug-likeness (QED) is 0.520. The summed E-state index contributed by atoms with van der Waals surface area (Å²) in [5.74, 6) is -2.33. The molecule has 0 aliphatic heterocycles. The van der Waals surface area contributed by atoms with Gasteiger partial charge in [0.25, 0.3) is 0 Å². The second-order valence-corrected chi connectivity index (χ2v) is 10.1. The highest BCUT2D eigenvalue weighted by molar-refractivity contribution is 7.87. The lowest BCUT2D eigenvalue weighted by atomic mass is 10.0. The molecule has 3 amide bonds. The lowest BCUT2D eigenvalue weighted by Crippen LogP contribution is -2.53. The molecule has 0 aliphatic carbocycles. The van der Waals surface area contributed by atoms with Gasteiger partial charge in [-0.15, -0.1) is 11.3 Å². The predicted molar refractivity (Wildman–Crippen MR) is 121 cm³/mol. The summed E-state index contributed by atoms with van der Waals surface area (Å²) in [5.41, 5.74) is 2.90. The molecule has 9 nitrogen and oxygen atoms in total. The number of nitrogens with one attached hydrogen (secondary N) is 2. The van der Waals surface area contributed by atoms with E-state index in [0.717, 1.165) is 21.1 Å². The maximum atomic E-state index is 13.7. The molecule has 1 aromatic heterocycles. The van der Waals surface area contributed by atoms with E-state index in [1.807, 2.05) is 0 Å². The molecule has 2 N–H and O–H groups in total. The number of hydrogen-bond acceptors (Lipinski definition) is 6. The molecule has 0 spiro atoms. The van der Waals surface area contributed by atoms with E-state index in [4.69, 9.17) is 0 Å². The van der Waals surface area contributed by atoms with E-state index in [2.05, 4.69) is 10.3 Å². The first-order valence-corrected chi connectivity index (χ1v) is 11.8. The molecule has 1 atom stereocenters. The number of carbonyl (C=O) groups is 2. The van der Waals surface area contributed by atoms with Crippen molar-refractivity contribution >= 4 is 49.4 Å². The van der Waals surface area contributed by atoms with Gasteiger partial charge in [-0.25, -0.2) is 23.3 Å². The zero-order chi connectivity index (χ0) is 24.3. The summed E-state index contributed by atoms with van der Waals surface area (Å²) in [6.45, 7) is 0. The minimum atomic E-state index is -4.13. The summed E-state index contributed by atoms with van der Waals surface area (Å²) in [7, 11) is -0.226. The first kappa shape index (κ1) is 24.5. The fourth-order valence-electron chi connectivity index (χ4n) is 2.98. The van der Waals surface area contributed by atoms with Crippen LogP contribution in [0.15, 0.2) is 41.9 Å². The van der Waals surface area contributed by atoms with Gasteiger partial charge >= 0.3 is 16.2 Å². The number of fused-ring (bicyclic) bond motifs is 1. The van der Waals surface area contributed by atoms with Crippen molar-refractivity contribution in [1.29, 1.82) is 0 Å². The molecule has 2 aromatic carbocycles. The van der Waals surface area contributed by atoms with E-state index in [0.29, 0.717) is 17.3 Å². The molecule has 0 aliphatic rings. The zero-order valence-electron chi connectivity index (χ0n) is 17.9. The van der Waals surface area contributed by atoms with Crippen LogP contribution in [0.1, 0.15) is 5.56 Å². The number of hydrogen-bond donors (Lipinski definition) is 2. The smallest absolute Gasteiger partial charge is 0.325 e. The van der Waals surface area contributed by atoms with Crippen LogP contribution in [0.4, 0.5) is 19.3 Å². The van der Waals surface area contributed by atoms with E-state index in [9.17, 15) is 26.8 Å². The second-order valence-electron chi connectivity index (χ2n) is 7.30. The number of carbonyl (C=O) groups excluding carboxylic acids is 2. The number of halogens is 2. The van der Waals surface area contributed by atoms with Crippen molar-refractivity contribution in [2.45, 2.75) is 12.5 Å². The highest BCUT2D eigenvalue weighted by Gasteiger charge is 2.28. The number of amides is 3. The number of rotatable bonds is 7. The largest absolute Gasteiger partial charge is 0.330 e. The van der Waals surface area contributed by atoms with Crippen LogP contribution >= 0.6 is 11.3 Å². The van der Waals surface area contributed by atoms with Crippen molar-refractivity contribution in [2.75, 3.05) is 26.0 Å². The SMILES string of the molecule is CN(C(=O)[C@H](Cc1cc(F)cc(F)c1)NC(=O)NS(=O)(=O)N(C)C)c1ccc2scnc2c1. The number of anilines is 1. The zero-order valence-corrected chi connectivity index (χ0v) is 19.5. The number of thiazole rings is 1.